The van der Waals surface area contributed by atoms with Crippen molar-refractivity contribution in [2.45, 2.75) is 85.5 Å². The summed E-state index contributed by atoms with van der Waals surface area (Å²) in [6.07, 6.45) is 4.12. The summed E-state index contributed by atoms with van der Waals surface area (Å²) in [4.78, 5) is 45.2. The van der Waals surface area contributed by atoms with Gasteiger partial charge in [0, 0.05) is 36.1 Å². The Bertz CT molecular complexity index is 1740. The summed E-state index contributed by atoms with van der Waals surface area (Å²) in [6.45, 7) is 11.5. The van der Waals surface area contributed by atoms with Crippen molar-refractivity contribution < 1.29 is 23.8 Å². The van der Waals surface area contributed by atoms with Crippen molar-refractivity contribution in [2.24, 2.45) is 0 Å². The zero-order chi connectivity index (χ0) is 33.5. The van der Waals surface area contributed by atoms with Gasteiger partial charge >= 0.3 is 5.69 Å². The molecule has 0 spiro atoms. The van der Waals surface area contributed by atoms with Crippen LogP contribution in [0.25, 0.3) is 15.2 Å². The van der Waals surface area contributed by atoms with Crippen LogP contribution in [0.15, 0.2) is 46.2 Å². The second-order valence-corrected chi connectivity index (χ2v) is 11.9. The second kappa shape index (κ2) is 15.7. The Balaban J connectivity index is 2.02. The molecule has 0 fully saturated rings. The molecular formula is C33H44FN5O6S. The third-order valence-electron chi connectivity index (χ3n) is 8.30. The van der Waals surface area contributed by atoms with Crippen molar-refractivity contribution in [3.05, 3.63) is 74.4 Å². The van der Waals surface area contributed by atoms with Crippen LogP contribution in [0.3, 0.4) is 0 Å². The van der Waals surface area contributed by atoms with Crippen molar-refractivity contribution in [2.75, 3.05) is 26.4 Å². The highest BCUT2D eigenvalue weighted by atomic mass is 32.1. The summed E-state index contributed by atoms with van der Waals surface area (Å²) in [5.41, 5.74) is -0.279. The number of nitrogens with zero attached hydrogens (tertiary/aromatic N) is 5. The van der Waals surface area contributed by atoms with Crippen molar-refractivity contribution in [1.29, 1.82) is 0 Å². The van der Waals surface area contributed by atoms with Gasteiger partial charge in [0.25, 0.3) is 5.56 Å². The summed E-state index contributed by atoms with van der Waals surface area (Å²) in [5.74, 6) is -0.445. The van der Waals surface area contributed by atoms with Gasteiger partial charge in [0.05, 0.1) is 31.8 Å². The average Bonchev–Trinajstić information content (AvgIpc) is 3.70. The number of amides is 1. The Morgan fingerprint density at radius 3 is 2.46 bits per heavy atom. The first kappa shape index (κ1) is 35.1. The minimum atomic E-state index is -1.05. The van der Waals surface area contributed by atoms with E-state index >= 15 is 0 Å². The van der Waals surface area contributed by atoms with Crippen LogP contribution in [0.5, 0.6) is 5.75 Å². The Labute approximate surface area is 271 Å². The van der Waals surface area contributed by atoms with E-state index in [0.717, 1.165) is 17.4 Å². The number of benzene rings is 1. The molecule has 1 aromatic carbocycles. The molecule has 1 N–H and O–H groups in total. The van der Waals surface area contributed by atoms with Crippen molar-refractivity contribution >= 4 is 27.5 Å². The number of halogens is 1. The molecule has 0 aliphatic heterocycles. The number of aromatic nitrogens is 4. The molecule has 0 unspecified atom stereocenters. The number of ether oxygens (including phenoxy) is 2. The van der Waals surface area contributed by atoms with Gasteiger partial charge in [-0.1, -0.05) is 32.1 Å². The number of aliphatic hydroxyl groups excluding tert-OH is 1. The summed E-state index contributed by atoms with van der Waals surface area (Å²) in [7, 11) is 0. The van der Waals surface area contributed by atoms with E-state index in [1.165, 1.54) is 34.1 Å². The van der Waals surface area contributed by atoms with Crippen molar-refractivity contribution in [3.8, 4) is 10.8 Å². The molecule has 3 heterocycles. The van der Waals surface area contributed by atoms with Gasteiger partial charge in [0.2, 0.25) is 5.91 Å². The largest absolute Gasteiger partial charge is 0.493 e. The molecule has 3 aromatic heterocycles. The average molecular weight is 658 g/mol. The lowest BCUT2D eigenvalue weighted by Gasteiger charge is -2.33. The van der Waals surface area contributed by atoms with E-state index in [1.807, 2.05) is 20.8 Å². The summed E-state index contributed by atoms with van der Waals surface area (Å²) in [6, 6.07) is 4.73. The minimum absolute atomic E-state index is 0.0382. The number of hydrogen-bond acceptors (Lipinski definition) is 8. The molecule has 0 aliphatic rings. The number of carbonyl (C=O) groups is 1. The van der Waals surface area contributed by atoms with Gasteiger partial charge in [-0.25, -0.2) is 18.4 Å². The third-order valence-corrected chi connectivity index (χ3v) is 9.60. The highest BCUT2D eigenvalue weighted by Gasteiger charge is 2.33. The number of carbonyl (C=O) groups excluding carboxylic acids is 1. The topological polar surface area (TPSA) is 121 Å². The standard InChI is InChI=1S/C33H44FN5O6S/c1-7-23(8-2)36(10-4)29(41)25(9-3)39-30(42)28-21(6)31(38-16-12-15-35-38)46-32(28)37(33(39)43)20-27(45-18-17-40)24-19-22(34)13-14-26(24)44-11-5/h12-16,19,23,25,27,40H,7-11,17-18,20H2,1-6H3/t25-,27-/m0/s1. The van der Waals surface area contributed by atoms with E-state index in [0.29, 0.717) is 39.9 Å². The van der Waals surface area contributed by atoms with E-state index in [1.54, 1.807) is 48.8 Å². The lowest BCUT2D eigenvalue weighted by atomic mass is 10.1. The molecule has 0 saturated heterocycles. The molecule has 250 valence electrons. The molecule has 4 rings (SSSR count). The van der Waals surface area contributed by atoms with Gasteiger partial charge in [-0.3, -0.25) is 14.2 Å². The zero-order valence-electron chi connectivity index (χ0n) is 27.4. The van der Waals surface area contributed by atoms with E-state index < -0.39 is 29.2 Å². The van der Waals surface area contributed by atoms with E-state index in [2.05, 4.69) is 5.10 Å². The van der Waals surface area contributed by atoms with Crippen LogP contribution in [-0.2, 0) is 16.1 Å². The molecule has 0 radical (unpaired) electrons. The predicted molar refractivity (Wildman–Crippen MR) is 177 cm³/mol. The highest BCUT2D eigenvalue weighted by molar-refractivity contribution is 7.21. The second-order valence-electron chi connectivity index (χ2n) is 10.9. The molecule has 13 heteroatoms. The highest BCUT2D eigenvalue weighted by Crippen LogP contribution is 2.34. The molecule has 11 nitrogen and oxygen atoms in total. The van der Waals surface area contributed by atoms with Gasteiger partial charge in [-0.15, -0.1) is 0 Å². The fourth-order valence-corrected chi connectivity index (χ4v) is 7.28. The number of hydrogen-bond donors (Lipinski definition) is 1. The zero-order valence-corrected chi connectivity index (χ0v) is 28.2. The number of thiophene rings is 1. The van der Waals surface area contributed by atoms with E-state index in [-0.39, 0.29) is 43.5 Å². The SMILES string of the molecule is CCOc1ccc(F)cc1[C@H](Cn1c(=O)n([C@@H](CC)C(=O)N(CC)C(CC)CC)c(=O)c2c(C)c(-n3cccn3)sc21)OCCO. The Morgan fingerprint density at radius 1 is 1.13 bits per heavy atom. The lowest BCUT2D eigenvalue weighted by Crippen LogP contribution is -2.50. The summed E-state index contributed by atoms with van der Waals surface area (Å²) >= 11 is 1.22. The maximum atomic E-state index is 14.6. The van der Waals surface area contributed by atoms with E-state index in [4.69, 9.17) is 9.47 Å². The number of aliphatic hydroxyl groups is 1. The number of fused-ring (bicyclic) bond motifs is 1. The first-order chi connectivity index (χ1) is 22.2. The Morgan fingerprint density at radius 2 is 1.87 bits per heavy atom. The van der Waals surface area contributed by atoms with Crippen LogP contribution in [0.4, 0.5) is 4.39 Å². The first-order valence-electron chi connectivity index (χ1n) is 15.9. The Kier molecular flexibility index (Phi) is 11.9. The summed E-state index contributed by atoms with van der Waals surface area (Å²) in [5, 5.41) is 14.9. The lowest BCUT2D eigenvalue weighted by molar-refractivity contribution is -0.137. The molecule has 0 bridgehead atoms. The smallest absolute Gasteiger partial charge is 0.332 e. The molecule has 46 heavy (non-hydrogen) atoms. The molecule has 1 amide bonds. The molecule has 0 aliphatic carbocycles. The van der Waals surface area contributed by atoms with Gasteiger partial charge in [0.15, 0.2) is 0 Å². The number of aryl methyl sites for hydroxylation is 1. The Hall–Kier alpha value is -3.81. The fourth-order valence-electron chi connectivity index (χ4n) is 6.04. The van der Waals surface area contributed by atoms with Crippen LogP contribution in [0.2, 0.25) is 0 Å². The van der Waals surface area contributed by atoms with Crippen LogP contribution in [0.1, 0.15) is 77.2 Å². The first-order valence-corrected chi connectivity index (χ1v) is 16.7. The maximum Gasteiger partial charge on any atom is 0.332 e. The molecule has 2 atom stereocenters. The molecule has 4 aromatic rings. The van der Waals surface area contributed by atoms with E-state index in [9.17, 15) is 23.9 Å². The van der Waals surface area contributed by atoms with Crippen molar-refractivity contribution in [1.82, 2.24) is 23.8 Å². The summed E-state index contributed by atoms with van der Waals surface area (Å²) < 4.78 is 30.6. The fraction of sp³-hybridized carbons (Fsp3) is 0.515. The van der Waals surface area contributed by atoms with Crippen LogP contribution < -0.4 is 16.0 Å². The van der Waals surface area contributed by atoms with Crippen molar-refractivity contribution in [3.63, 3.8) is 0 Å². The predicted octanol–water partition coefficient (Wildman–Crippen LogP) is 5.00. The van der Waals surface area contributed by atoms with Gasteiger partial charge in [-0.05, 0) is 64.3 Å². The minimum Gasteiger partial charge on any atom is -0.493 e. The van der Waals surface area contributed by atoms with Crippen LogP contribution in [-0.4, -0.2) is 67.2 Å². The third kappa shape index (κ3) is 6.81. The molecular weight excluding hydrogens is 613 g/mol. The monoisotopic (exact) mass is 657 g/mol. The normalized spacial score (nSPS) is 13.0. The van der Waals surface area contributed by atoms with Gasteiger partial charge in [0.1, 0.15) is 33.5 Å². The van der Waals surface area contributed by atoms with Crippen LogP contribution in [0, 0.1) is 12.7 Å². The van der Waals surface area contributed by atoms with Gasteiger partial charge in [-0.2, -0.15) is 5.10 Å². The number of rotatable bonds is 16. The van der Waals surface area contributed by atoms with Crippen LogP contribution >= 0.6 is 11.3 Å². The molecule has 0 saturated carbocycles. The quantitative estimate of drug-likeness (QED) is 0.180. The number of likely N-dealkylation sites (N-methyl/N-ethyl adjacent to an activating group) is 1. The van der Waals surface area contributed by atoms with Gasteiger partial charge < -0.3 is 19.5 Å². The maximum absolute atomic E-state index is 14.6.